The number of nitrogens with one attached hydrogen (secondary N) is 2. The molecule has 9 heteroatoms. The molecule has 0 radical (unpaired) electrons. The minimum atomic E-state index is -0.718. The van der Waals surface area contributed by atoms with Gasteiger partial charge in [0, 0.05) is 24.8 Å². The smallest absolute Gasteiger partial charge is 0.273 e. The van der Waals surface area contributed by atoms with Gasteiger partial charge in [-0.25, -0.2) is 0 Å². The van der Waals surface area contributed by atoms with Gasteiger partial charge in [0.1, 0.15) is 0 Å². The molecule has 1 atom stereocenters. The van der Waals surface area contributed by atoms with E-state index in [1.54, 1.807) is 4.90 Å². The quantitative estimate of drug-likeness (QED) is 0.585. The molecule has 1 aromatic heterocycles. The predicted octanol–water partition coefficient (Wildman–Crippen LogP) is 2.82. The molecule has 1 aliphatic rings. The number of amides is 2. The molecular formula is C22H29N7O2. The van der Waals surface area contributed by atoms with Crippen molar-refractivity contribution in [1.29, 1.82) is 0 Å². The summed E-state index contributed by atoms with van der Waals surface area (Å²) in [6.45, 7) is 9.03. The lowest BCUT2D eigenvalue weighted by Gasteiger charge is -2.24. The molecule has 2 amide bonds. The van der Waals surface area contributed by atoms with Crippen molar-refractivity contribution in [1.82, 2.24) is 20.1 Å². The lowest BCUT2D eigenvalue weighted by Crippen LogP contribution is -2.38. The lowest BCUT2D eigenvalue weighted by atomic mass is 10.0. The molecule has 4 N–H and O–H groups in total. The summed E-state index contributed by atoms with van der Waals surface area (Å²) < 4.78 is 0. The number of anilines is 3. The second-order valence-corrected chi connectivity index (χ2v) is 7.92. The van der Waals surface area contributed by atoms with Gasteiger partial charge in [0.05, 0.1) is 0 Å². The Morgan fingerprint density at radius 2 is 1.97 bits per heavy atom. The first-order valence-electron chi connectivity index (χ1n) is 10.5. The molecule has 2 heterocycles. The highest BCUT2D eigenvalue weighted by molar-refractivity contribution is 5.96. The zero-order valence-corrected chi connectivity index (χ0v) is 18.0. The van der Waals surface area contributed by atoms with Crippen LogP contribution in [-0.2, 0) is 4.79 Å². The van der Waals surface area contributed by atoms with E-state index in [9.17, 15) is 9.59 Å². The van der Waals surface area contributed by atoms with Gasteiger partial charge in [-0.3, -0.25) is 9.59 Å². The Kier molecular flexibility index (Phi) is 7.17. The average molecular weight is 424 g/mol. The molecule has 1 saturated heterocycles. The van der Waals surface area contributed by atoms with Crippen molar-refractivity contribution >= 4 is 29.3 Å². The highest BCUT2D eigenvalue weighted by atomic mass is 16.2. The molecule has 1 aromatic carbocycles. The summed E-state index contributed by atoms with van der Waals surface area (Å²) in [4.78, 5) is 30.1. The van der Waals surface area contributed by atoms with Crippen LogP contribution in [0.3, 0.4) is 0 Å². The third-order valence-corrected chi connectivity index (χ3v) is 5.25. The molecule has 3 rings (SSSR count). The van der Waals surface area contributed by atoms with Crippen molar-refractivity contribution in [2.45, 2.75) is 45.1 Å². The number of hydrogen-bond acceptors (Lipinski definition) is 7. The number of nitrogens with two attached hydrogens (primary N) is 1. The number of carbonyl (C=O) groups excluding carboxylic acids is 2. The van der Waals surface area contributed by atoms with E-state index in [0.29, 0.717) is 19.0 Å². The zero-order chi connectivity index (χ0) is 22.4. The van der Waals surface area contributed by atoms with E-state index in [1.165, 1.54) is 11.6 Å². The van der Waals surface area contributed by atoms with Crippen molar-refractivity contribution in [3.8, 4) is 0 Å². The second kappa shape index (κ2) is 10.0. The topological polar surface area (TPSA) is 126 Å². The number of benzene rings is 1. The zero-order valence-electron chi connectivity index (χ0n) is 18.0. The van der Waals surface area contributed by atoms with Crippen molar-refractivity contribution < 1.29 is 9.59 Å². The molecule has 164 valence electrons. The lowest BCUT2D eigenvalue weighted by molar-refractivity contribution is -0.126. The van der Waals surface area contributed by atoms with Crippen molar-refractivity contribution in [2.24, 2.45) is 5.73 Å². The van der Waals surface area contributed by atoms with E-state index in [-0.39, 0.29) is 29.4 Å². The number of primary amides is 1. The standard InChI is InChI=1S/C22H29N7O2/c1-4-18(30)29-12-6-5-7-17(13-29)25-22-26-21(19(20(23)31)27-28-22)24-16-10-8-15(9-11-16)14(2)3/h4,8-11,14,17H,1,5-7,12-13H2,2-3H3,(H2,23,31)(H2,24,25,26,28)/t17-/m0/s1. The van der Waals surface area contributed by atoms with Gasteiger partial charge in [-0.1, -0.05) is 32.6 Å². The van der Waals surface area contributed by atoms with E-state index < -0.39 is 5.91 Å². The first-order valence-corrected chi connectivity index (χ1v) is 10.5. The molecule has 31 heavy (non-hydrogen) atoms. The Labute approximate surface area is 182 Å². The molecule has 2 aromatic rings. The Bertz CT molecular complexity index is 943. The van der Waals surface area contributed by atoms with Crippen LogP contribution >= 0.6 is 0 Å². The van der Waals surface area contributed by atoms with Crippen LogP contribution in [-0.4, -0.2) is 51.0 Å². The van der Waals surface area contributed by atoms with Gasteiger partial charge in [0.2, 0.25) is 11.9 Å². The van der Waals surface area contributed by atoms with Gasteiger partial charge < -0.3 is 21.3 Å². The normalized spacial score (nSPS) is 16.5. The van der Waals surface area contributed by atoms with Crippen molar-refractivity contribution in [3.63, 3.8) is 0 Å². The van der Waals surface area contributed by atoms with Gasteiger partial charge in [-0.15, -0.1) is 10.2 Å². The number of carbonyl (C=O) groups is 2. The van der Waals surface area contributed by atoms with Crippen LogP contribution in [0.4, 0.5) is 17.5 Å². The number of hydrogen-bond donors (Lipinski definition) is 3. The summed E-state index contributed by atoms with van der Waals surface area (Å²) in [5.74, 6) is 0.104. The molecule has 0 saturated carbocycles. The first kappa shape index (κ1) is 22.2. The maximum Gasteiger partial charge on any atom is 0.273 e. The molecule has 1 aliphatic heterocycles. The highest BCUT2D eigenvalue weighted by Crippen LogP contribution is 2.22. The summed E-state index contributed by atoms with van der Waals surface area (Å²) in [6.07, 6.45) is 4.09. The monoisotopic (exact) mass is 423 g/mol. The van der Waals surface area contributed by atoms with Crippen LogP contribution in [0, 0.1) is 0 Å². The first-order chi connectivity index (χ1) is 14.9. The number of rotatable bonds is 7. The SMILES string of the molecule is C=CC(=O)N1CCCC[C@H](Nc2nnc(C(N)=O)c(Nc3ccc(C(C)C)cc3)n2)C1. The molecule has 0 spiro atoms. The Balaban J connectivity index is 1.79. The third kappa shape index (κ3) is 5.78. The summed E-state index contributed by atoms with van der Waals surface area (Å²) in [7, 11) is 0. The third-order valence-electron chi connectivity index (χ3n) is 5.25. The van der Waals surface area contributed by atoms with Gasteiger partial charge >= 0.3 is 0 Å². The molecule has 0 unspecified atom stereocenters. The van der Waals surface area contributed by atoms with Crippen molar-refractivity contribution in [2.75, 3.05) is 23.7 Å². The summed E-state index contributed by atoms with van der Waals surface area (Å²) in [5, 5.41) is 14.3. The fourth-order valence-corrected chi connectivity index (χ4v) is 3.50. The maximum atomic E-state index is 12.0. The van der Waals surface area contributed by atoms with Crippen LogP contribution in [0.2, 0.25) is 0 Å². The highest BCUT2D eigenvalue weighted by Gasteiger charge is 2.22. The average Bonchev–Trinajstić information content (AvgIpc) is 2.99. The predicted molar refractivity (Wildman–Crippen MR) is 120 cm³/mol. The number of nitrogens with zero attached hydrogens (tertiary/aromatic N) is 4. The minimum absolute atomic E-state index is 0.0363. The van der Waals surface area contributed by atoms with Crippen LogP contribution in [0.5, 0.6) is 0 Å². The van der Waals surface area contributed by atoms with E-state index in [1.807, 2.05) is 24.3 Å². The number of aromatic nitrogens is 3. The van der Waals surface area contributed by atoms with Gasteiger partial charge in [0.25, 0.3) is 5.91 Å². The molecule has 0 bridgehead atoms. The van der Waals surface area contributed by atoms with Gasteiger partial charge in [-0.2, -0.15) is 4.98 Å². The largest absolute Gasteiger partial charge is 0.364 e. The van der Waals surface area contributed by atoms with E-state index in [4.69, 9.17) is 5.73 Å². The van der Waals surface area contributed by atoms with Crippen LogP contribution < -0.4 is 16.4 Å². The molecular weight excluding hydrogens is 394 g/mol. The fraction of sp³-hybridized carbons (Fsp3) is 0.409. The molecule has 1 fully saturated rings. The Morgan fingerprint density at radius 1 is 1.23 bits per heavy atom. The summed E-state index contributed by atoms with van der Waals surface area (Å²) >= 11 is 0. The molecule has 9 nitrogen and oxygen atoms in total. The van der Waals surface area contributed by atoms with E-state index >= 15 is 0 Å². The number of likely N-dealkylation sites (tertiary alicyclic amines) is 1. The van der Waals surface area contributed by atoms with Gasteiger partial charge in [-0.05, 0) is 49.0 Å². The second-order valence-electron chi connectivity index (χ2n) is 7.92. The van der Waals surface area contributed by atoms with Crippen LogP contribution in [0.15, 0.2) is 36.9 Å². The fourth-order valence-electron chi connectivity index (χ4n) is 3.50. The van der Waals surface area contributed by atoms with Gasteiger partial charge in [0.15, 0.2) is 11.5 Å². The maximum absolute atomic E-state index is 12.0. The van der Waals surface area contributed by atoms with E-state index in [2.05, 4.69) is 46.2 Å². The van der Waals surface area contributed by atoms with Crippen LogP contribution in [0.25, 0.3) is 0 Å². The summed E-state index contributed by atoms with van der Waals surface area (Å²) in [6, 6.07) is 7.83. The Hall–Kier alpha value is -3.49. The Morgan fingerprint density at radius 3 is 2.61 bits per heavy atom. The minimum Gasteiger partial charge on any atom is -0.364 e. The summed E-state index contributed by atoms with van der Waals surface area (Å²) in [5.41, 5.74) is 7.38. The van der Waals surface area contributed by atoms with Crippen molar-refractivity contribution in [3.05, 3.63) is 48.2 Å². The van der Waals surface area contributed by atoms with E-state index in [0.717, 1.165) is 24.9 Å². The molecule has 0 aliphatic carbocycles. The van der Waals surface area contributed by atoms with Crippen LogP contribution in [0.1, 0.15) is 55.1 Å².